The third-order valence-corrected chi connectivity index (χ3v) is 5.16. The van der Waals surface area contributed by atoms with Gasteiger partial charge in [-0.1, -0.05) is 19.8 Å². The Labute approximate surface area is 140 Å². The fourth-order valence-corrected chi connectivity index (χ4v) is 4.44. The number of carbonyl (C=O) groups is 2. The van der Waals surface area contributed by atoms with Crippen molar-refractivity contribution in [1.82, 2.24) is 16.0 Å². The van der Waals surface area contributed by atoms with Crippen LogP contribution in [0.25, 0.3) is 0 Å². The van der Waals surface area contributed by atoms with Crippen LogP contribution in [0.3, 0.4) is 0 Å². The first-order chi connectivity index (χ1) is 10.6. The summed E-state index contributed by atoms with van der Waals surface area (Å²) < 4.78 is 0. The van der Waals surface area contributed by atoms with Crippen molar-refractivity contribution < 1.29 is 9.59 Å². The zero-order valence-corrected chi connectivity index (χ0v) is 15.3. The lowest BCUT2D eigenvalue weighted by atomic mass is 9.79. The molecule has 1 aliphatic heterocycles. The molecule has 0 bridgehead atoms. The molecule has 2 unspecified atom stereocenters. The van der Waals surface area contributed by atoms with Crippen molar-refractivity contribution in [3.8, 4) is 0 Å². The highest BCUT2D eigenvalue weighted by Gasteiger charge is 2.38. The van der Waals surface area contributed by atoms with Crippen molar-refractivity contribution in [2.45, 2.75) is 96.3 Å². The monoisotopic (exact) mass is 323 g/mol. The Hall–Kier alpha value is -1.10. The third-order valence-electron chi connectivity index (χ3n) is 5.16. The first-order valence-corrected chi connectivity index (χ1v) is 8.99. The fraction of sp³-hybridized carbons (Fsp3) is 0.889. The second-order valence-electron chi connectivity index (χ2n) is 8.81. The molecule has 0 aromatic rings. The summed E-state index contributed by atoms with van der Waals surface area (Å²) in [4.78, 5) is 24.5. The first-order valence-electron chi connectivity index (χ1n) is 8.99. The van der Waals surface area contributed by atoms with Crippen molar-refractivity contribution >= 4 is 11.8 Å². The number of piperidine rings is 1. The van der Waals surface area contributed by atoms with Crippen molar-refractivity contribution in [1.29, 1.82) is 0 Å². The van der Waals surface area contributed by atoms with Crippen molar-refractivity contribution in [2.24, 2.45) is 5.92 Å². The van der Waals surface area contributed by atoms with Gasteiger partial charge in [0.15, 0.2) is 0 Å². The highest BCUT2D eigenvalue weighted by Crippen LogP contribution is 2.28. The van der Waals surface area contributed by atoms with E-state index in [-0.39, 0.29) is 23.2 Å². The molecule has 1 saturated heterocycles. The van der Waals surface area contributed by atoms with Crippen LogP contribution in [-0.4, -0.2) is 35.0 Å². The summed E-state index contributed by atoms with van der Waals surface area (Å²) in [5.41, 5.74) is -0.0951. The van der Waals surface area contributed by atoms with Crippen LogP contribution in [0.5, 0.6) is 0 Å². The van der Waals surface area contributed by atoms with Gasteiger partial charge >= 0.3 is 11.8 Å². The van der Waals surface area contributed by atoms with Crippen LogP contribution in [0.2, 0.25) is 0 Å². The molecular weight excluding hydrogens is 290 g/mol. The lowest BCUT2D eigenvalue weighted by Crippen LogP contribution is -2.63. The Morgan fingerprint density at radius 3 is 2.00 bits per heavy atom. The number of rotatable bonds is 2. The predicted octanol–water partition coefficient (Wildman–Crippen LogP) is 2.11. The topological polar surface area (TPSA) is 70.2 Å². The van der Waals surface area contributed by atoms with E-state index in [0.717, 1.165) is 32.1 Å². The highest BCUT2D eigenvalue weighted by molar-refractivity contribution is 6.35. The van der Waals surface area contributed by atoms with E-state index >= 15 is 0 Å². The molecule has 1 saturated carbocycles. The molecule has 2 amide bonds. The van der Waals surface area contributed by atoms with Crippen LogP contribution in [0.15, 0.2) is 0 Å². The summed E-state index contributed by atoms with van der Waals surface area (Å²) in [5.74, 6) is -0.503. The number of nitrogens with one attached hydrogen (secondary N) is 3. The van der Waals surface area contributed by atoms with E-state index in [1.54, 1.807) is 0 Å². The molecule has 132 valence electrons. The van der Waals surface area contributed by atoms with Gasteiger partial charge in [0.2, 0.25) is 0 Å². The summed E-state index contributed by atoms with van der Waals surface area (Å²) in [6.45, 7) is 10.7. The van der Waals surface area contributed by atoms with Gasteiger partial charge < -0.3 is 16.0 Å². The Kier molecular flexibility index (Phi) is 5.39. The molecule has 0 spiro atoms. The smallest absolute Gasteiger partial charge is 0.309 e. The van der Waals surface area contributed by atoms with Crippen LogP contribution in [0.1, 0.15) is 73.1 Å². The quantitative estimate of drug-likeness (QED) is 0.682. The molecule has 3 N–H and O–H groups in total. The maximum atomic E-state index is 12.3. The maximum Gasteiger partial charge on any atom is 0.309 e. The van der Waals surface area contributed by atoms with E-state index in [0.29, 0.717) is 5.92 Å². The van der Waals surface area contributed by atoms with Gasteiger partial charge in [-0.25, -0.2) is 0 Å². The minimum absolute atomic E-state index is 0.0308. The molecule has 5 nitrogen and oxygen atoms in total. The lowest BCUT2D eigenvalue weighted by molar-refractivity contribution is -0.140. The standard InChI is InChI=1S/C18H33N3O2/c1-12-8-6-7-9-14(12)20-16(23)15(22)19-13-10-17(2,3)21-18(4,5)11-13/h12-14,21H,6-11H2,1-5H3,(H,19,22)(H,20,23). The molecule has 2 fully saturated rings. The minimum atomic E-state index is -0.485. The zero-order valence-electron chi connectivity index (χ0n) is 15.3. The van der Waals surface area contributed by atoms with Gasteiger partial charge in [-0.05, 0) is 59.3 Å². The summed E-state index contributed by atoms with van der Waals surface area (Å²) in [7, 11) is 0. The molecule has 1 heterocycles. The molecule has 23 heavy (non-hydrogen) atoms. The maximum absolute atomic E-state index is 12.3. The Morgan fingerprint density at radius 2 is 1.43 bits per heavy atom. The third kappa shape index (κ3) is 5.20. The van der Waals surface area contributed by atoms with Crippen molar-refractivity contribution in [3.05, 3.63) is 0 Å². The van der Waals surface area contributed by atoms with Gasteiger partial charge in [-0.15, -0.1) is 0 Å². The minimum Gasteiger partial charge on any atom is -0.345 e. The molecule has 0 aromatic heterocycles. The van der Waals surface area contributed by atoms with Gasteiger partial charge in [0.1, 0.15) is 0 Å². The van der Waals surface area contributed by atoms with E-state index in [1.807, 2.05) is 0 Å². The largest absolute Gasteiger partial charge is 0.345 e. The van der Waals surface area contributed by atoms with Crippen LogP contribution in [-0.2, 0) is 9.59 Å². The normalized spacial score (nSPS) is 30.5. The van der Waals surface area contributed by atoms with Gasteiger partial charge in [-0.3, -0.25) is 9.59 Å². The summed E-state index contributed by atoms with van der Waals surface area (Å²) in [5, 5.41) is 9.46. The Bertz CT molecular complexity index is 443. The molecule has 5 heteroatoms. The molecule has 2 aliphatic rings. The van der Waals surface area contributed by atoms with E-state index in [4.69, 9.17) is 0 Å². The summed E-state index contributed by atoms with van der Waals surface area (Å²) >= 11 is 0. The molecule has 0 radical (unpaired) electrons. The molecule has 2 atom stereocenters. The molecular formula is C18H33N3O2. The van der Waals surface area contributed by atoms with Crippen LogP contribution in [0, 0.1) is 5.92 Å². The second-order valence-corrected chi connectivity index (χ2v) is 8.81. The van der Waals surface area contributed by atoms with Crippen molar-refractivity contribution in [2.75, 3.05) is 0 Å². The van der Waals surface area contributed by atoms with Crippen LogP contribution < -0.4 is 16.0 Å². The second kappa shape index (κ2) is 6.80. The van der Waals surface area contributed by atoms with Gasteiger partial charge in [-0.2, -0.15) is 0 Å². The van der Waals surface area contributed by atoms with E-state index in [1.165, 1.54) is 6.42 Å². The van der Waals surface area contributed by atoms with E-state index in [9.17, 15) is 9.59 Å². The number of amides is 2. The lowest BCUT2D eigenvalue weighted by Gasteiger charge is -2.46. The van der Waals surface area contributed by atoms with Crippen LogP contribution in [0.4, 0.5) is 0 Å². The van der Waals surface area contributed by atoms with Gasteiger partial charge in [0.05, 0.1) is 0 Å². The van der Waals surface area contributed by atoms with E-state index < -0.39 is 11.8 Å². The fourth-order valence-electron chi connectivity index (χ4n) is 4.44. The van der Waals surface area contributed by atoms with Crippen LogP contribution >= 0.6 is 0 Å². The van der Waals surface area contributed by atoms with Gasteiger partial charge in [0.25, 0.3) is 0 Å². The molecule has 0 aromatic carbocycles. The Balaban J connectivity index is 1.89. The summed E-state index contributed by atoms with van der Waals surface area (Å²) in [6.07, 6.45) is 6.12. The first kappa shape index (κ1) is 18.2. The van der Waals surface area contributed by atoms with Crippen molar-refractivity contribution in [3.63, 3.8) is 0 Å². The number of hydrogen-bond donors (Lipinski definition) is 3. The highest BCUT2D eigenvalue weighted by atomic mass is 16.2. The molecule has 1 aliphatic carbocycles. The average Bonchev–Trinajstić information content (AvgIpc) is 2.37. The zero-order chi connectivity index (χ0) is 17.3. The number of hydrogen-bond acceptors (Lipinski definition) is 3. The van der Waals surface area contributed by atoms with Gasteiger partial charge in [0, 0.05) is 23.2 Å². The Morgan fingerprint density at radius 1 is 0.913 bits per heavy atom. The molecule has 2 rings (SSSR count). The predicted molar refractivity (Wildman–Crippen MR) is 92.0 cm³/mol. The number of carbonyl (C=O) groups excluding carboxylic acids is 2. The SMILES string of the molecule is CC1CCCCC1NC(=O)C(=O)NC1CC(C)(C)NC(C)(C)C1. The average molecular weight is 323 g/mol. The van der Waals surface area contributed by atoms with E-state index in [2.05, 4.69) is 50.6 Å². The summed E-state index contributed by atoms with van der Waals surface area (Å²) in [6, 6.07) is 0.172.